The first kappa shape index (κ1) is 16.4. The van der Waals surface area contributed by atoms with E-state index in [0.29, 0.717) is 29.4 Å². The van der Waals surface area contributed by atoms with Gasteiger partial charge >= 0.3 is 0 Å². The number of ether oxygens (including phenoxy) is 1. The molecular formula is C15H21ClN4O2. The van der Waals surface area contributed by atoms with Gasteiger partial charge in [0.1, 0.15) is 5.75 Å². The minimum atomic E-state index is -0.0936. The Morgan fingerprint density at radius 3 is 3.00 bits per heavy atom. The highest BCUT2D eigenvalue weighted by molar-refractivity contribution is 6.31. The molecule has 1 heterocycles. The molecular weight excluding hydrogens is 304 g/mol. The molecule has 2 rings (SSSR count). The van der Waals surface area contributed by atoms with Gasteiger partial charge in [0.2, 0.25) is 5.91 Å². The second-order valence-electron chi connectivity index (χ2n) is 5.04. The molecule has 22 heavy (non-hydrogen) atoms. The lowest BCUT2D eigenvalue weighted by Gasteiger charge is -2.16. The van der Waals surface area contributed by atoms with Crippen molar-refractivity contribution >= 4 is 29.2 Å². The summed E-state index contributed by atoms with van der Waals surface area (Å²) in [5, 5.41) is 9.71. The van der Waals surface area contributed by atoms with Crippen molar-refractivity contribution in [2.24, 2.45) is 4.99 Å². The van der Waals surface area contributed by atoms with Gasteiger partial charge in [-0.2, -0.15) is 0 Å². The molecule has 0 aliphatic carbocycles. The lowest BCUT2D eigenvalue weighted by molar-refractivity contribution is -0.116. The quantitative estimate of drug-likeness (QED) is 0.773. The van der Waals surface area contributed by atoms with Gasteiger partial charge in [-0.1, -0.05) is 11.6 Å². The Hall–Kier alpha value is -1.95. The molecule has 0 bridgehead atoms. The van der Waals surface area contributed by atoms with E-state index in [1.54, 1.807) is 19.2 Å². The van der Waals surface area contributed by atoms with Crippen molar-refractivity contribution in [2.45, 2.75) is 19.8 Å². The molecule has 1 aliphatic rings. The number of benzene rings is 1. The van der Waals surface area contributed by atoms with Crippen LogP contribution in [-0.2, 0) is 4.79 Å². The molecule has 0 fully saturated rings. The number of carbonyl (C=O) groups is 1. The maximum Gasteiger partial charge on any atom is 0.226 e. The number of aliphatic imine (C=N–C) groups is 1. The normalized spacial score (nSPS) is 13.9. The molecule has 1 aliphatic heterocycles. The fourth-order valence-electron chi connectivity index (χ4n) is 2.09. The van der Waals surface area contributed by atoms with Crippen LogP contribution in [0.3, 0.4) is 0 Å². The van der Waals surface area contributed by atoms with Gasteiger partial charge in [0.15, 0.2) is 5.96 Å². The Morgan fingerprint density at radius 1 is 1.50 bits per heavy atom. The molecule has 3 N–H and O–H groups in total. The van der Waals surface area contributed by atoms with Crippen molar-refractivity contribution in [2.75, 3.05) is 32.1 Å². The molecule has 1 aromatic rings. The Kier molecular flexibility index (Phi) is 5.89. The Morgan fingerprint density at radius 2 is 2.32 bits per heavy atom. The van der Waals surface area contributed by atoms with E-state index in [4.69, 9.17) is 16.3 Å². The van der Waals surface area contributed by atoms with E-state index in [1.807, 2.05) is 6.92 Å². The lowest BCUT2D eigenvalue weighted by atomic mass is 10.2. The number of methoxy groups -OCH3 is 1. The van der Waals surface area contributed by atoms with E-state index in [1.165, 1.54) is 0 Å². The molecule has 0 aromatic heterocycles. The fraction of sp³-hybridized carbons (Fsp3) is 0.467. The van der Waals surface area contributed by atoms with Crippen LogP contribution in [0.1, 0.15) is 18.4 Å². The average molecular weight is 325 g/mol. The standard InChI is InChI=1S/C15H21ClN4O2/c1-10-8-12(13(22-2)9-11(10)16)20-14(21)4-7-19-15-17-5-3-6-18-15/h8-9H,3-7H2,1-2H3,(H,20,21)(H2,17,18,19). The van der Waals surface area contributed by atoms with Gasteiger partial charge in [0.05, 0.1) is 12.8 Å². The molecule has 6 nitrogen and oxygen atoms in total. The highest BCUT2D eigenvalue weighted by Gasteiger charge is 2.11. The molecule has 0 atom stereocenters. The lowest BCUT2D eigenvalue weighted by Crippen LogP contribution is -2.41. The van der Waals surface area contributed by atoms with Gasteiger partial charge < -0.3 is 20.7 Å². The van der Waals surface area contributed by atoms with Crippen molar-refractivity contribution in [1.82, 2.24) is 10.6 Å². The molecule has 0 unspecified atom stereocenters. The number of hydrogen-bond acceptors (Lipinski definition) is 5. The van der Waals surface area contributed by atoms with E-state index in [9.17, 15) is 4.79 Å². The number of halogens is 1. The summed E-state index contributed by atoms with van der Waals surface area (Å²) >= 11 is 6.05. The minimum absolute atomic E-state index is 0.0936. The van der Waals surface area contributed by atoms with Crippen LogP contribution in [0.25, 0.3) is 0 Å². The smallest absolute Gasteiger partial charge is 0.226 e. The Labute approximate surface area is 135 Å². The second-order valence-corrected chi connectivity index (χ2v) is 5.44. The summed E-state index contributed by atoms with van der Waals surface area (Å²) in [6, 6.07) is 3.50. The van der Waals surface area contributed by atoms with Gasteiger partial charge in [-0.3, -0.25) is 9.79 Å². The fourth-order valence-corrected chi connectivity index (χ4v) is 2.24. The molecule has 1 amide bonds. The monoisotopic (exact) mass is 324 g/mol. The molecule has 120 valence electrons. The first-order valence-electron chi connectivity index (χ1n) is 7.26. The van der Waals surface area contributed by atoms with Crippen LogP contribution in [0.2, 0.25) is 5.02 Å². The summed E-state index contributed by atoms with van der Waals surface area (Å²) in [6.45, 7) is 4.14. The first-order chi connectivity index (χ1) is 10.6. The van der Waals surface area contributed by atoms with E-state index in [0.717, 1.165) is 31.0 Å². The molecule has 0 radical (unpaired) electrons. The topological polar surface area (TPSA) is 74.8 Å². The molecule has 0 spiro atoms. The van der Waals surface area contributed by atoms with E-state index < -0.39 is 0 Å². The number of anilines is 1. The van der Waals surface area contributed by atoms with Gasteiger partial charge in [-0.25, -0.2) is 0 Å². The SMILES string of the molecule is COc1cc(Cl)c(C)cc1NC(=O)CCNC1=NCCCN1. The summed E-state index contributed by atoms with van der Waals surface area (Å²) in [4.78, 5) is 16.3. The summed E-state index contributed by atoms with van der Waals surface area (Å²) in [6.07, 6.45) is 1.38. The maximum atomic E-state index is 12.0. The number of carbonyl (C=O) groups excluding carboxylic acids is 1. The predicted molar refractivity (Wildman–Crippen MR) is 88.9 cm³/mol. The first-order valence-corrected chi connectivity index (χ1v) is 7.64. The number of amides is 1. The predicted octanol–water partition coefficient (Wildman–Crippen LogP) is 1.92. The van der Waals surface area contributed by atoms with Crippen LogP contribution in [0.4, 0.5) is 5.69 Å². The van der Waals surface area contributed by atoms with Gasteiger partial charge in [0.25, 0.3) is 0 Å². The number of nitrogens with one attached hydrogen (secondary N) is 3. The third-order valence-electron chi connectivity index (χ3n) is 3.30. The van der Waals surface area contributed by atoms with Crippen molar-refractivity contribution in [3.05, 3.63) is 22.7 Å². The minimum Gasteiger partial charge on any atom is -0.495 e. The maximum absolute atomic E-state index is 12.0. The van der Waals surface area contributed by atoms with Crippen LogP contribution in [0.15, 0.2) is 17.1 Å². The molecule has 0 saturated heterocycles. The zero-order valence-electron chi connectivity index (χ0n) is 12.8. The van der Waals surface area contributed by atoms with Crippen molar-refractivity contribution in [1.29, 1.82) is 0 Å². The average Bonchev–Trinajstić information content (AvgIpc) is 2.51. The summed E-state index contributed by atoms with van der Waals surface area (Å²) in [7, 11) is 1.55. The Bertz CT molecular complexity index is 575. The summed E-state index contributed by atoms with van der Waals surface area (Å²) < 4.78 is 5.24. The van der Waals surface area contributed by atoms with Crippen LogP contribution in [-0.4, -0.2) is 38.6 Å². The number of aryl methyl sites for hydroxylation is 1. The van der Waals surface area contributed by atoms with Gasteiger partial charge in [-0.05, 0) is 25.0 Å². The van der Waals surface area contributed by atoms with Crippen LogP contribution in [0.5, 0.6) is 5.75 Å². The Balaban J connectivity index is 1.86. The molecule has 0 saturated carbocycles. The van der Waals surface area contributed by atoms with E-state index in [2.05, 4.69) is 20.9 Å². The summed E-state index contributed by atoms with van der Waals surface area (Å²) in [5.41, 5.74) is 1.51. The van der Waals surface area contributed by atoms with Gasteiger partial charge in [0, 0.05) is 37.1 Å². The van der Waals surface area contributed by atoms with Gasteiger partial charge in [-0.15, -0.1) is 0 Å². The zero-order valence-corrected chi connectivity index (χ0v) is 13.6. The number of guanidine groups is 1. The summed E-state index contributed by atoms with van der Waals surface area (Å²) in [5.74, 6) is 1.22. The van der Waals surface area contributed by atoms with E-state index >= 15 is 0 Å². The van der Waals surface area contributed by atoms with Crippen LogP contribution < -0.4 is 20.7 Å². The number of hydrogen-bond donors (Lipinski definition) is 3. The molecule has 1 aromatic carbocycles. The third-order valence-corrected chi connectivity index (χ3v) is 3.70. The number of nitrogens with zero attached hydrogens (tertiary/aromatic N) is 1. The van der Waals surface area contributed by atoms with Crippen LogP contribution in [0, 0.1) is 6.92 Å². The van der Waals surface area contributed by atoms with Crippen molar-refractivity contribution in [3.8, 4) is 5.75 Å². The third kappa shape index (κ3) is 4.53. The van der Waals surface area contributed by atoms with Crippen molar-refractivity contribution < 1.29 is 9.53 Å². The number of rotatable bonds is 5. The van der Waals surface area contributed by atoms with Crippen molar-refractivity contribution in [3.63, 3.8) is 0 Å². The van der Waals surface area contributed by atoms with Crippen LogP contribution >= 0.6 is 11.6 Å². The highest BCUT2D eigenvalue weighted by atomic mass is 35.5. The zero-order chi connectivity index (χ0) is 15.9. The molecule has 7 heteroatoms. The largest absolute Gasteiger partial charge is 0.495 e. The van der Waals surface area contributed by atoms with E-state index in [-0.39, 0.29) is 5.91 Å². The second kappa shape index (κ2) is 7.89. The highest BCUT2D eigenvalue weighted by Crippen LogP contribution is 2.30.